The van der Waals surface area contributed by atoms with Crippen LogP contribution in [0.4, 0.5) is 5.82 Å². The Bertz CT molecular complexity index is 713. The lowest BCUT2D eigenvalue weighted by atomic mass is 9.99. The van der Waals surface area contributed by atoms with Crippen molar-refractivity contribution in [3.63, 3.8) is 0 Å². The summed E-state index contributed by atoms with van der Waals surface area (Å²) in [5, 5.41) is 5.82. The van der Waals surface area contributed by atoms with Crippen molar-refractivity contribution in [2.45, 2.75) is 25.2 Å². The van der Waals surface area contributed by atoms with Gasteiger partial charge in [0.2, 0.25) is 0 Å². The molecule has 110 valence electrons. The molecule has 0 aliphatic heterocycles. The summed E-state index contributed by atoms with van der Waals surface area (Å²) in [6.45, 7) is 0. The number of nitrogens with zero attached hydrogens (tertiary/aromatic N) is 2. The van der Waals surface area contributed by atoms with E-state index in [-0.39, 0.29) is 0 Å². The topological polar surface area (TPSA) is 43.8 Å². The molecule has 0 bridgehead atoms. The normalized spacial score (nSPS) is 26.9. The Morgan fingerprint density at radius 2 is 1.90 bits per heavy atom. The predicted molar refractivity (Wildman–Crippen MR) is 86.6 cm³/mol. The largest absolute Gasteiger partial charge is 0.383 e. The number of halogens is 2. The molecule has 2 aromatic rings. The zero-order chi connectivity index (χ0) is 14.7. The van der Waals surface area contributed by atoms with Gasteiger partial charge in [-0.15, -0.1) is 0 Å². The lowest BCUT2D eigenvalue weighted by molar-refractivity contribution is 0.655. The molecule has 1 aromatic carbocycles. The maximum absolute atomic E-state index is 6.26. The molecule has 3 nitrogen and oxygen atoms in total. The quantitative estimate of drug-likeness (QED) is 0.885. The monoisotopic (exact) mass is 321 g/mol. The van der Waals surface area contributed by atoms with Gasteiger partial charge in [0.05, 0.1) is 15.7 Å². The van der Waals surface area contributed by atoms with E-state index < -0.39 is 0 Å². The minimum atomic E-state index is 0.555. The van der Waals surface area contributed by atoms with Gasteiger partial charge in [0.1, 0.15) is 5.82 Å². The Balaban J connectivity index is 1.82. The van der Waals surface area contributed by atoms with Gasteiger partial charge in [-0.3, -0.25) is 4.68 Å². The van der Waals surface area contributed by atoms with Crippen LogP contribution in [0.2, 0.25) is 10.0 Å². The van der Waals surface area contributed by atoms with E-state index in [1.165, 1.54) is 19.3 Å². The van der Waals surface area contributed by atoms with E-state index >= 15 is 0 Å². The average molecular weight is 322 g/mol. The maximum atomic E-state index is 6.26. The van der Waals surface area contributed by atoms with Crippen LogP contribution in [-0.4, -0.2) is 9.78 Å². The van der Waals surface area contributed by atoms with Gasteiger partial charge >= 0.3 is 0 Å². The third-order valence-corrected chi connectivity index (χ3v) is 5.79. The van der Waals surface area contributed by atoms with Crippen LogP contribution in [-0.2, 0) is 7.05 Å². The predicted octanol–water partition coefficient (Wildman–Crippen LogP) is 4.49. The van der Waals surface area contributed by atoms with Crippen molar-refractivity contribution in [2.75, 3.05) is 5.73 Å². The summed E-state index contributed by atoms with van der Waals surface area (Å²) >= 11 is 12.2. The lowest BCUT2D eigenvalue weighted by Crippen LogP contribution is -1.98. The maximum Gasteiger partial charge on any atom is 0.129 e. The van der Waals surface area contributed by atoms with Crippen LogP contribution < -0.4 is 5.73 Å². The van der Waals surface area contributed by atoms with Gasteiger partial charge in [0.15, 0.2) is 0 Å². The number of nitrogens with two attached hydrogens (primary N) is 1. The molecule has 2 aliphatic rings. The molecule has 0 spiro atoms. The van der Waals surface area contributed by atoms with Gasteiger partial charge in [-0.1, -0.05) is 35.7 Å². The van der Waals surface area contributed by atoms with E-state index in [0.29, 0.717) is 21.8 Å². The van der Waals surface area contributed by atoms with Crippen LogP contribution in [0.3, 0.4) is 0 Å². The van der Waals surface area contributed by atoms with Crippen LogP contribution in [0.5, 0.6) is 0 Å². The van der Waals surface area contributed by atoms with Crippen molar-refractivity contribution in [1.82, 2.24) is 9.78 Å². The van der Waals surface area contributed by atoms with E-state index in [0.717, 1.165) is 28.7 Å². The van der Waals surface area contributed by atoms with E-state index in [2.05, 4.69) is 0 Å². The number of hydrogen-bond donors (Lipinski definition) is 1. The van der Waals surface area contributed by atoms with Crippen LogP contribution in [0.1, 0.15) is 30.9 Å². The van der Waals surface area contributed by atoms with Crippen molar-refractivity contribution < 1.29 is 0 Å². The Morgan fingerprint density at radius 1 is 1.19 bits per heavy atom. The number of hydrogen-bond acceptors (Lipinski definition) is 2. The van der Waals surface area contributed by atoms with E-state index in [4.69, 9.17) is 34.0 Å². The molecular weight excluding hydrogens is 305 g/mol. The van der Waals surface area contributed by atoms with Gasteiger partial charge < -0.3 is 5.73 Å². The molecule has 2 saturated carbocycles. The first-order valence-electron chi connectivity index (χ1n) is 7.35. The van der Waals surface area contributed by atoms with Crippen molar-refractivity contribution in [3.05, 3.63) is 33.9 Å². The van der Waals surface area contributed by atoms with Gasteiger partial charge in [-0.05, 0) is 42.4 Å². The van der Waals surface area contributed by atoms with Crippen molar-refractivity contribution in [2.24, 2.45) is 18.9 Å². The Kier molecular flexibility index (Phi) is 2.98. The molecule has 2 fully saturated rings. The Labute approximate surface area is 134 Å². The summed E-state index contributed by atoms with van der Waals surface area (Å²) < 4.78 is 1.78. The zero-order valence-corrected chi connectivity index (χ0v) is 13.3. The van der Waals surface area contributed by atoms with Crippen molar-refractivity contribution >= 4 is 29.0 Å². The standard InChI is InChI=1S/C16H17Cl2N3/c1-21-16(19)13(8-5-6-11(17)12(18)7-8)15(20-21)14-9-3-2-4-10(9)14/h5-7,9-10,14H,2-4,19H2,1H3. The fourth-order valence-corrected chi connectivity index (χ4v) is 4.26. The van der Waals surface area contributed by atoms with Crippen molar-refractivity contribution in [3.8, 4) is 11.1 Å². The van der Waals surface area contributed by atoms with Crippen molar-refractivity contribution in [1.29, 1.82) is 0 Å². The summed E-state index contributed by atoms with van der Waals surface area (Å²) in [6, 6.07) is 5.69. The van der Waals surface area contributed by atoms with E-state index in [9.17, 15) is 0 Å². The van der Waals surface area contributed by atoms with E-state index in [1.807, 2.05) is 25.2 Å². The Hall–Kier alpha value is -1.19. The van der Waals surface area contributed by atoms with Crippen LogP contribution in [0, 0.1) is 11.8 Å². The molecule has 0 radical (unpaired) electrons. The number of rotatable bonds is 2. The first kappa shape index (κ1) is 13.5. The van der Waals surface area contributed by atoms with E-state index in [1.54, 1.807) is 4.68 Å². The SMILES string of the molecule is Cn1nc(C2C3CCCC32)c(-c2ccc(Cl)c(Cl)c2)c1N. The molecule has 0 saturated heterocycles. The van der Waals surface area contributed by atoms with Crippen LogP contribution in [0.25, 0.3) is 11.1 Å². The highest BCUT2D eigenvalue weighted by molar-refractivity contribution is 6.42. The smallest absolute Gasteiger partial charge is 0.129 e. The summed E-state index contributed by atoms with van der Waals surface area (Å²) in [5.74, 6) is 2.89. The summed E-state index contributed by atoms with van der Waals surface area (Å²) in [5.41, 5.74) is 9.45. The molecule has 2 N–H and O–H groups in total. The first-order valence-corrected chi connectivity index (χ1v) is 8.11. The molecule has 5 heteroatoms. The van der Waals surface area contributed by atoms with Crippen LogP contribution in [0.15, 0.2) is 18.2 Å². The lowest BCUT2D eigenvalue weighted by Gasteiger charge is -2.07. The summed E-state index contributed by atoms with van der Waals surface area (Å²) in [4.78, 5) is 0. The summed E-state index contributed by atoms with van der Waals surface area (Å²) in [7, 11) is 1.90. The molecule has 1 aromatic heterocycles. The molecule has 4 rings (SSSR count). The molecular formula is C16H17Cl2N3. The van der Waals surface area contributed by atoms with Gasteiger partial charge in [-0.2, -0.15) is 5.10 Å². The molecule has 2 atom stereocenters. The molecule has 2 aliphatic carbocycles. The van der Waals surface area contributed by atoms with Gasteiger partial charge in [-0.25, -0.2) is 0 Å². The van der Waals surface area contributed by atoms with Gasteiger partial charge in [0, 0.05) is 18.5 Å². The number of fused-ring (bicyclic) bond motifs is 1. The number of aryl methyl sites for hydroxylation is 1. The second-order valence-electron chi connectivity index (χ2n) is 6.18. The molecule has 2 unspecified atom stereocenters. The molecule has 21 heavy (non-hydrogen) atoms. The first-order chi connectivity index (χ1) is 10.1. The van der Waals surface area contributed by atoms with Gasteiger partial charge in [0.25, 0.3) is 0 Å². The highest BCUT2D eigenvalue weighted by Gasteiger charge is 2.55. The highest BCUT2D eigenvalue weighted by atomic mass is 35.5. The third kappa shape index (κ3) is 1.98. The number of nitrogen functional groups attached to an aromatic ring is 1. The number of benzene rings is 1. The zero-order valence-electron chi connectivity index (χ0n) is 11.8. The minimum absolute atomic E-state index is 0.555. The second kappa shape index (κ2) is 4.65. The average Bonchev–Trinajstić information content (AvgIpc) is 2.79. The van der Waals surface area contributed by atoms with Crippen LogP contribution >= 0.6 is 23.2 Å². The highest BCUT2D eigenvalue weighted by Crippen LogP contribution is 2.64. The fourth-order valence-electron chi connectivity index (χ4n) is 3.97. The number of anilines is 1. The number of aromatic nitrogens is 2. The minimum Gasteiger partial charge on any atom is -0.383 e. The molecule has 0 amide bonds. The fraction of sp³-hybridized carbons (Fsp3) is 0.438. The summed E-state index contributed by atoms with van der Waals surface area (Å²) in [6.07, 6.45) is 4.01. The second-order valence-corrected chi connectivity index (χ2v) is 7.00. The molecule has 1 heterocycles. The third-order valence-electron chi connectivity index (χ3n) is 5.05. The Morgan fingerprint density at radius 3 is 2.57 bits per heavy atom.